The summed E-state index contributed by atoms with van der Waals surface area (Å²) in [5.74, 6) is 0.926. The zero-order valence-corrected chi connectivity index (χ0v) is 19.4. The van der Waals surface area contributed by atoms with Crippen molar-refractivity contribution in [1.29, 1.82) is 0 Å². The van der Waals surface area contributed by atoms with Crippen LogP contribution in [-0.4, -0.2) is 15.9 Å². The second kappa shape index (κ2) is 8.71. The van der Waals surface area contributed by atoms with Crippen LogP contribution in [0.25, 0.3) is 11.3 Å². The minimum Gasteiger partial charge on any atom is -0.399 e. The molecule has 1 aliphatic carbocycles. The lowest BCUT2D eigenvalue weighted by atomic mass is 9.91. The maximum Gasteiger partial charge on any atom is 0.229 e. The van der Waals surface area contributed by atoms with Crippen LogP contribution < -0.4 is 11.1 Å². The third-order valence-corrected chi connectivity index (χ3v) is 5.91. The van der Waals surface area contributed by atoms with Gasteiger partial charge in [-0.3, -0.25) is 4.79 Å². The van der Waals surface area contributed by atoms with E-state index in [0.29, 0.717) is 18.2 Å². The number of nitrogens with zero attached hydrogens (tertiary/aromatic N) is 2. The van der Waals surface area contributed by atoms with Crippen LogP contribution in [0.4, 0.5) is 11.5 Å². The quantitative estimate of drug-likeness (QED) is 0.380. The second-order valence-corrected chi connectivity index (χ2v) is 9.43. The fourth-order valence-corrected chi connectivity index (χ4v) is 4.15. The van der Waals surface area contributed by atoms with Crippen molar-refractivity contribution in [2.24, 2.45) is 5.92 Å². The number of halogens is 1. The first-order valence-electron chi connectivity index (χ1n) is 10.2. The number of aromatic nitrogens is 2. The summed E-state index contributed by atoms with van der Waals surface area (Å²) in [6, 6.07) is 14.0. The molecule has 0 saturated carbocycles. The number of carbonyl (C=O) groups excluding carboxylic acids is 1. The molecule has 30 heavy (non-hydrogen) atoms. The van der Waals surface area contributed by atoms with E-state index < -0.39 is 0 Å². The molecule has 4 rings (SSSR count). The van der Waals surface area contributed by atoms with Crippen LogP contribution in [-0.2, 0) is 30.5 Å². The summed E-state index contributed by atoms with van der Waals surface area (Å²) in [5.41, 5.74) is 12.7. The lowest BCUT2D eigenvalue weighted by Crippen LogP contribution is -2.20. The standard InChI is InChI=1S/C24H25IN4O/c1-14(2)11-21-24(29-22(30)12-15-3-6-17(25)7-4-15)28-20-10-5-16-13-18(26)8-9-19(16)23(20)27-21/h3-4,6-9,13-14H,5,10-12,26H2,1-2H3,(H,28,29,30). The van der Waals surface area contributed by atoms with Crippen LogP contribution in [0.1, 0.15) is 36.4 Å². The van der Waals surface area contributed by atoms with Gasteiger partial charge < -0.3 is 11.1 Å². The summed E-state index contributed by atoms with van der Waals surface area (Å²) in [5, 5.41) is 3.03. The number of nitrogen functional groups attached to an aromatic ring is 1. The summed E-state index contributed by atoms with van der Waals surface area (Å²) >= 11 is 2.26. The van der Waals surface area contributed by atoms with E-state index in [-0.39, 0.29) is 5.91 Å². The predicted molar refractivity (Wildman–Crippen MR) is 129 cm³/mol. The Bertz CT molecular complexity index is 1090. The SMILES string of the molecule is CC(C)Cc1nc2c(nc1NC(=O)Cc1ccc(I)cc1)CCc1cc(N)ccc1-2. The number of amides is 1. The van der Waals surface area contributed by atoms with Crippen molar-refractivity contribution in [3.05, 3.63) is 68.5 Å². The van der Waals surface area contributed by atoms with E-state index in [2.05, 4.69) is 41.8 Å². The molecule has 3 N–H and O–H groups in total. The zero-order valence-electron chi connectivity index (χ0n) is 17.2. The summed E-state index contributed by atoms with van der Waals surface area (Å²) in [6.07, 6.45) is 2.74. The van der Waals surface area contributed by atoms with Gasteiger partial charge in [-0.1, -0.05) is 32.0 Å². The van der Waals surface area contributed by atoms with Crippen LogP contribution in [0.15, 0.2) is 42.5 Å². The van der Waals surface area contributed by atoms with Crippen molar-refractivity contribution in [3.63, 3.8) is 0 Å². The molecule has 6 heteroatoms. The van der Waals surface area contributed by atoms with Gasteiger partial charge in [0.1, 0.15) is 0 Å². The second-order valence-electron chi connectivity index (χ2n) is 8.18. The van der Waals surface area contributed by atoms with Crippen molar-refractivity contribution in [1.82, 2.24) is 9.97 Å². The Hall–Kier alpha value is -2.48. The van der Waals surface area contributed by atoms with Gasteiger partial charge in [-0.05, 0) is 83.2 Å². The number of aryl methyl sites for hydroxylation is 2. The third-order valence-electron chi connectivity index (χ3n) is 5.19. The number of rotatable bonds is 5. The molecule has 5 nitrogen and oxygen atoms in total. The number of benzene rings is 2. The topological polar surface area (TPSA) is 80.9 Å². The van der Waals surface area contributed by atoms with Crippen LogP contribution in [0.3, 0.4) is 0 Å². The molecule has 0 atom stereocenters. The maximum atomic E-state index is 12.7. The van der Waals surface area contributed by atoms with Crippen molar-refractivity contribution in [3.8, 4) is 11.3 Å². The van der Waals surface area contributed by atoms with Crippen molar-refractivity contribution in [2.45, 2.75) is 39.5 Å². The van der Waals surface area contributed by atoms with Crippen molar-refractivity contribution in [2.75, 3.05) is 11.1 Å². The van der Waals surface area contributed by atoms with Crippen LogP contribution in [0, 0.1) is 9.49 Å². The first kappa shape index (κ1) is 20.8. The Morgan fingerprint density at radius 2 is 1.90 bits per heavy atom. The molecule has 0 fully saturated rings. The molecule has 1 amide bonds. The molecule has 2 aromatic carbocycles. The molecule has 0 aliphatic heterocycles. The summed E-state index contributed by atoms with van der Waals surface area (Å²) in [4.78, 5) is 22.5. The van der Waals surface area contributed by atoms with E-state index in [0.717, 1.165) is 56.7 Å². The van der Waals surface area contributed by atoms with E-state index in [1.54, 1.807) is 0 Å². The summed E-state index contributed by atoms with van der Waals surface area (Å²) in [7, 11) is 0. The zero-order chi connectivity index (χ0) is 21.3. The number of hydrogen-bond donors (Lipinski definition) is 2. The van der Waals surface area contributed by atoms with E-state index in [1.807, 2.05) is 42.5 Å². The van der Waals surface area contributed by atoms with Gasteiger partial charge in [0.15, 0.2) is 5.82 Å². The lowest BCUT2D eigenvalue weighted by Gasteiger charge is -2.21. The van der Waals surface area contributed by atoms with Gasteiger partial charge >= 0.3 is 0 Å². The van der Waals surface area contributed by atoms with Crippen molar-refractivity contribution < 1.29 is 4.79 Å². The number of nitrogens with one attached hydrogen (secondary N) is 1. The van der Waals surface area contributed by atoms with Crippen LogP contribution >= 0.6 is 22.6 Å². The molecule has 0 radical (unpaired) electrons. The number of fused-ring (bicyclic) bond motifs is 3. The van der Waals surface area contributed by atoms with E-state index in [9.17, 15) is 4.79 Å². The van der Waals surface area contributed by atoms with Crippen LogP contribution in [0.5, 0.6) is 0 Å². The number of anilines is 2. The van der Waals surface area contributed by atoms with Gasteiger partial charge in [0, 0.05) is 14.8 Å². The minimum atomic E-state index is -0.0700. The molecule has 154 valence electrons. The Balaban J connectivity index is 1.65. The Kier molecular flexibility index (Phi) is 6.04. The van der Waals surface area contributed by atoms with Crippen LogP contribution in [0.2, 0.25) is 0 Å². The number of carbonyl (C=O) groups is 1. The normalized spacial score (nSPS) is 12.4. The smallest absolute Gasteiger partial charge is 0.229 e. The summed E-state index contributed by atoms with van der Waals surface area (Å²) in [6.45, 7) is 4.29. The lowest BCUT2D eigenvalue weighted by molar-refractivity contribution is -0.115. The highest BCUT2D eigenvalue weighted by Gasteiger charge is 2.23. The average Bonchev–Trinajstić information content (AvgIpc) is 2.69. The van der Waals surface area contributed by atoms with E-state index in [1.165, 1.54) is 5.56 Å². The molecule has 0 bridgehead atoms. The Labute approximate surface area is 190 Å². The molecule has 3 aromatic rings. The fraction of sp³-hybridized carbons (Fsp3) is 0.292. The third kappa shape index (κ3) is 4.64. The monoisotopic (exact) mass is 512 g/mol. The van der Waals surface area contributed by atoms with Gasteiger partial charge in [0.2, 0.25) is 5.91 Å². The molecular formula is C24H25IN4O. The highest BCUT2D eigenvalue weighted by atomic mass is 127. The molecule has 1 aliphatic rings. The average molecular weight is 512 g/mol. The maximum absolute atomic E-state index is 12.7. The van der Waals surface area contributed by atoms with Gasteiger partial charge in [0.25, 0.3) is 0 Å². The molecule has 1 heterocycles. The molecule has 1 aromatic heterocycles. The van der Waals surface area contributed by atoms with Gasteiger partial charge in [0.05, 0.1) is 23.5 Å². The van der Waals surface area contributed by atoms with Crippen molar-refractivity contribution >= 4 is 40.0 Å². The Morgan fingerprint density at radius 3 is 2.63 bits per heavy atom. The van der Waals surface area contributed by atoms with Gasteiger partial charge in [-0.15, -0.1) is 0 Å². The largest absolute Gasteiger partial charge is 0.399 e. The van der Waals surface area contributed by atoms with Gasteiger partial charge in [-0.25, -0.2) is 9.97 Å². The minimum absolute atomic E-state index is 0.0700. The number of hydrogen-bond acceptors (Lipinski definition) is 4. The fourth-order valence-electron chi connectivity index (χ4n) is 3.79. The number of nitrogens with two attached hydrogens (primary N) is 1. The predicted octanol–water partition coefficient (Wildman–Crippen LogP) is 4.81. The van der Waals surface area contributed by atoms with E-state index >= 15 is 0 Å². The molecule has 0 saturated heterocycles. The summed E-state index contributed by atoms with van der Waals surface area (Å²) < 4.78 is 1.15. The highest BCUT2D eigenvalue weighted by molar-refractivity contribution is 14.1. The molecule has 0 unspecified atom stereocenters. The highest BCUT2D eigenvalue weighted by Crippen LogP contribution is 2.34. The first-order chi connectivity index (χ1) is 14.4. The van der Waals surface area contributed by atoms with E-state index in [4.69, 9.17) is 15.7 Å². The molecular weight excluding hydrogens is 487 g/mol. The first-order valence-corrected chi connectivity index (χ1v) is 11.3. The molecule has 0 spiro atoms. The Morgan fingerprint density at radius 1 is 1.13 bits per heavy atom. The van der Waals surface area contributed by atoms with Gasteiger partial charge in [-0.2, -0.15) is 0 Å².